The molecule has 1 heterocycles. The molecule has 0 saturated carbocycles. The first-order chi connectivity index (χ1) is 5.66. The molecule has 0 aliphatic heterocycles. The van der Waals surface area contributed by atoms with Crippen molar-refractivity contribution in [2.45, 2.75) is 13.8 Å². The Bertz CT molecular complexity index is 284. The highest BCUT2D eigenvalue weighted by Crippen LogP contribution is 2.11. The summed E-state index contributed by atoms with van der Waals surface area (Å²) >= 11 is 1.15. The van der Waals surface area contributed by atoms with Crippen molar-refractivity contribution in [1.82, 2.24) is 14.5 Å². The summed E-state index contributed by atoms with van der Waals surface area (Å²) in [5.74, 6) is 0.00463. The van der Waals surface area contributed by atoms with E-state index in [9.17, 15) is 4.79 Å². The number of hydrogen-bond acceptors (Lipinski definition) is 4. The Balaban J connectivity index is 2.85. The first-order valence-electron chi connectivity index (χ1n) is 3.71. The molecular formula is C7H11N3OS. The number of carbonyl (C=O) groups is 1. The van der Waals surface area contributed by atoms with E-state index in [4.69, 9.17) is 0 Å². The van der Waals surface area contributed by atoms with E-state index in [0.717, 1.165) is 11.5 Å². The second-order valence-electron chi connectivity index (χ2n) is 2.51. The van der Waals surface area contributed by atoms with Crippen LogP contribution in [0.1, 0.15) is 22.3 Å². The molecule has 0 N–H and O–H groups in total. The topological polar surface area (TPSA) is 46.1 Å². The lowest BCUT2D eigenvalue weighted by Crippen LogP contribution is -2.25. The van der Waals surface area contributed by atoms with Gasteiger partial charge in [-0.15, -0.1) is 5.10 Å². The Hall–Kier alpha value is -0.970. The van der Waals surface area contributed by atoms with Gasteiger partial charge in [-0.05, 0) is 25.4 Å². The lowest BCUT2D eigenvalue weighted by atomic mass is 10.3. The number of nitrogens with zero attached hydrogens (tertiary/aromatic N) is 3. The minimum absolute atomic E-state index is 0.00463. The first kappa shape index (κ1) is 9.12. The van der Waals surface area contributed by atoms with E-state index < -0.39 is 0 Å². The third-order valence-corrected chi connectivity index (χ3v) is 2.48. The summed E-state index contributed by atoms with van der Waals surface area (Å²) in [6.45, 7) is 4.43. The second-order valence-corrected chi connectivity index (χ2v) is 3.26. The lowest BCUT2D eigenvalue weighted by Gasteiger charge is -2.12. The quantitative estimate of drug-likeness (QED) is 0.688. The fraction of sp³-hybridized carbons (Fsp3) is 0.571. The first-order valence-corrected chi connectivity index (χ1v) is 4.48. The van der Waals surface area contributed by atoms with E-state index in [-0.39, 0.29) is 5.91 Å². The Labute approximate surface area is 75.4 Å². The number of aromatic nitrogens is 2. The van der Waals surface area contributed by atoms with Crippen LogP contribution in [-0.4, -0.2) is 34.0 Å². The van der Waals surface area contributed by atoms with Gasteiger partial charge in [0.2, 0.25) is 0 Å². The van der Waals surface area contributed by atoms with Crippen LogP contribution in [0.25, 0.3) is 0 Å². The third-order valence-electron chi connectivity index (χ3n) is 1.67. The molecule has 0 atom stereocenters. The summed E-state index contributed by atoms with van der Waals surface area (Å²) in [5, 5.41) is 3.78. The van der Waals surface area contributed by atoms with Gasteiger partial charge in [-0.2, -0.15) is 0 Å². The van der Waals surface area contributed by atoms with Gasteiger partial charge in [0.15, 0.2) is 0 Å². The van der Waals surface area contributed by atoms with Crippen LogP contribution in [0.2, 0.25) is 0 Å². The molecule has 0 aromatic carbocycles. The molecule has 0 bridgehead atoms. The average Bonchev–Trinajstić information content (AvgIpc) is 2.48. The van der Waals surface area contributed by atoms with Gasteiger partial charge < -0.3 is 4.90 Å². The Morgan fingerprint density at radius 1 is 1.67 bits per heavy atom. The minimum atomic E-state index is 0.00463. The van der Waals surface area contributed by atoms with Crippen LogP contribution < -0.4 is 0 Å². The molecule has 1 aromatic heterocycles. The average molecular weight is 185 g/mol. The number of amides is 1. The molecule has 0 fully saturated rings. The van der Waals surface area contributed by atoms with Crippen molar-refractivity contribution in [2.75, 3.05) is 13.6 Å². The molecule has 0 radical (unpaired) electrons. The van der Waals surface area contributed by atoms with E-state index >= 15 is 0 Å². The van der Waals surface area contributed by atoms with E-state index in [1.54, 1.807) is 18.9 Å². The molecule has 66 valence electrons. The molecule has 1 aromatic rings. The monoisotopic (exact) mass is 185 g/mol. The van der Waals surface area contributed by atoms with Gasteiger partial charge in [0, 0.05) is 13.6 Å². The summed E-state index contributed by atoms with van der Waals surface area (Å²) in [4.78, 5) is 13.8. The van der Waals surface area contributed by atoms with Crippen molar-refractivity contribution in [2.24, 2.45) is 0 Å². The highest BCUT2D eigenvalue weighted by molar-refractivity contribution is 7.07. The van der Waals surface area contributed by atoms with E-state index in [2.05, 4.69) is 9.59 Å². The number of carbonyl (C=O) groups excluding carboxylic acids is 1. The maximum absolute atomic E-state index is 11.5. The second kappa shape index (κ2) is 3.62. The molecule has 12 heavy (non-hydrogen) atoms. The van der Waals surface area contributed by atoms with Crippen molar-refractivity contribution in [3.63, 3.8) is 0 Å². The molecule has 0 saturated heterocycles. The number of rotatable bonds is 2. The Morgan fingerprint density at radius 3 is 2.75 bits per heavy atom. The smallest absolute Gasteiger partial charge is 0.267 e. The Kier molecular flexibility index (Phi) is 2.75. The van der Waals surface area contributed by atoms with Crippen molar-refractivity contribution >= 4 is 17.4 Å². The third kappa shape index (κ3) is 1.61. The molecular weight excluding hydrogens is 174 g/mol. The van der Waals surface area contributed by atoms with Gasteiger partial charge >= 0.3 is 0 Å². The van der Waals surface area contributed by atoms with Gasteiger partial charge in [-0.1, -0.05) is 4.49 Å². The lowest BCUT2D eigenvalue weighted by molar-refractivity contribution is 0.0806. The van der Waals surface area contributed by atoms with Crippen LogP contribution in [0.15, 0.2) is 0 Å². The SMILES string of the molecule is CCN(C)C(=O)c1snnc1C. The summed E-state index contributed by atoms with van der Waals surface area (Å²) < 4.78 is 3.70. The van der Waals surface area contributed by atoms with Crippen LogP contribution in [0, 0.1) is 6.92 Å². The summed E-state index contributed by atoms with van der Waals surface area (Å²) in [7, 11) is 1.77. The van der Waals surface area contributed by atoms with Crippen LogP contribution >= 0.6 is 11.5 Å². The molecule has 0 aliphatic rings. The minimum Gasteiger partial charge on any atom is -0.341 e. The predicted octanol–water partition coefficient (Wildman–Crippen LogP) is 0.938. The van der Waals surface area contributed by atoms with Crippen molar-refractivity contribution in [3.05, 3.63) is 10.6 Å². The summed E-state index contributed by atoms with van der Waals surface area (Å²) in [5.41, 5.74) is 0.713. The highest BCUT2D eigenvalue weighted by Gasteiger charge is 2.15. The summed E-state index contributed by atoms with van der Waals surface area (Å²) in [6.07, 6.45) is 0. The largest absolute Gasteiger partial charge is 0.341 e. The van der Waals surface area contributed by atoms with Gasteiger partial charge in [0.05, 0.1) is 5.69 Å². The zero-order valence-corrected chi connectivity index (χ0v) is 8.18. The van der Waals surface area contributed by atoms with Crippen molar-refractivity contribution < 1.29 is 4.79 Å². The Morgan fingerprint density at radius 2 is 2.33 bits per heavy atom. The predicted molar refractivity (Wildman–Crippen MR) is 47.3 cm³/mol. The maximum atomic E-state index is 11.5. The molecule has 4 nitrogen and oxygen atoms in total. The van der Waals surface area contributed by atoms with E-state index in [1.165, 1.54) is 0 Å². The highest BCUT2D eigenvalue weighted by atomic mass is 32.1. The van der Waals surface area contributed by atoms with Crippen LogP contribution in [0.5, 0.6) is 0 Å². The molecule has 1 amide bonds. The van der Waals surface area contributed by atoms with E-state index in [0.29, 0.717) is 17.1 Å². The van der Waals surface area contributed by atoms with Crippen LogP contribution in [0.4, 0.5) is 0 Å². The zero-order valence-electron chi connectivity index (χ0n) is 7.37. The fourth-order valence-corrected chi connectivity index (χ4v) is 1.40. The van der Waals surface area contributed by atoms with Crippen LogP contribution in [0.3, 0.4) is 0 Å². The normalized spacial score (nSPS) is 9.92. The molecule has 5 heteroatoms. The molecule has 0 unspecified atom stereocenters. The molecule has 0 aliphatic carbocycles. The summed E-state index contributed by atoms with van der Waals surface area (Å²) in [6, 6.07) is 0. The zero-order chi connectivity index (χ0) is 9.14. The van der Waals surface area contributed by atoms with Gasteiger partial charge in [0.1, 0.15) is 4.88 Å². The maximum Gasteiger partial charge on any atom is 0.267 e. The number of aryl methyl sites for hydroxylation is 1. The van der Waals surface area contributed by atoms with Crippen molar-refractivity contribution in [1.29, 1.82) is 0 Å². The fourth-order valence-electron chi connectivity index (χ4n) is 0.745. The molecule has 1 rings (SSSR count). The van der Waals surface area contributed by atoms with Gasteiger partial charge in [0.25, 0.3) is 5.91 Å². The molecule has 0 spiro atoms. The number of hydrogen-bond donors (Lipinski definition) is 0. The van der Waals surface area contributed by atoms with Gasteiger partial charge in [-0.25, -0.2) is 0 Å². The standard InChI is InChI=1S/C7H11N3OS/c1-4-10(3)7(11)6-5(2)8-9-12-6/h4H2,1-3H3. The van der Waals surface area contributed by atoms with Crippen molar-refractivity contribution in [3.8, 4) is 0 Å². The van der Waals surface area contributed by atoms with Gasteiger partial charge in [-0.3, -0.25) is 4.79 Å². The van der Waals surface area contributed by atoms with Crippen LogP contribution in [-0.2, 0) is 0 Å². The van der Waals surface area contributed by atoms with E-state index in [1.807, 2.05) is 6.92 Å².